The first-order valence-corrected chi connectivity index (χ1v) is 5.35. The van der Waals surface area contributed by atoms with E-state index in [0.29, 0.717) is 6.61 Å². The molecule has 16 heavy (non-hydrogen) atoms. The van der Waals surface area contributed by atoms with Crippen LogP contribution >= 0.6 is 0 Å². The van der Waals surface area contributed by atoms with Crippen LogP contribution < -0.4 is 4.74 Å². The van der Waals surface area contributed by atoms with Crippen molar-refractivity contribution >= 4 is 0 Å². The second-order valence-corrected chi connectivity index (χ2v) is 3.87. The minimum atomic E-state index is 0.590. The average Bonchev–Trinajstić information content (AvgIpc) is 2.29. The summed E-state index contributed by atoms with van der Waals surface area (Å²) in [6.07, 6.45) is 1.79. The number of nitrogens with zero attached hydrogens (tertiary/aromatic N) is 1. The Balaban J connectivity index is 2.05. The van der Waals surface area contributed by atoms with E-state index in [0.717, 1.165) is 17.0 Å². The zero-order valence-electron chi connectivity index (χ0n) is 9.60. The molecule has 0 aliphatic heterocycles. The van der Waals surface area contributed by atoms with Gasteiger partial charge in [0.15, 0.2) is 0 Å². The first-order chi connectivity index (χ1) is 7.75. The third kappa shape index (κ3) is 2.60. The highest BCUT2D eigenvalue weighted by atomic mass is 16.5. The van der Waals surface area contributed by atoms with Crippen molar-refractivity contribution in [3.63, 3.8) is 0 Å². The smallest absolute Gasteiger partial charge is 0.141 e. The van der Waals surface area contributed by atoms with E-state index < -0.39 is 0 Å². The summed E-state index contributed by atoms with van der Waals surface area (Å²) in [5.74, 6) is 0.856. The molecule has 1 aromatic carbocycles. The van der Waals surface area contributed by atoms with Crippen molar-refractivity contribution in [3.05, 3.63) is 59.4 Å². The molecule has 0 bridgehead atoms. The van der Waals surface area contributed by atoms with Gasteiger partial charge in [0.2, 0.25) is 0 Å². The molecule has 0 aliphatic carbocycles. The Labute approximate surface area is 95.9 Å². The largest absolute Gasteiger partial charge is 0.487 e. The number of aryl methyl sites for hydroxylation is 2. The van der Waals surface area contributed by atoms with Crippen LogP contribution in [-0.2, 0) is 6.61 Å². The fraction of sp³-hybridized carbons (Fsp3) is 0.214. The van der Waals surface area contributed by atoms with Gasteiger partial charge in [-0.25, -0.2) is 0 Å². The molecule has 2 aromatic rings. The Morgan fingerprint density at radius 3 is 2.56 bits per heavy atom. The first kappa shape index (κ1) is 10.7. The lowest BCUT2D eigenvalue weighted by Gasteiger charge is -2.08. The van der Waals surface area contributed by atoms with Crippen molar-refractivity contribution in [2.75, 3.05) is 0 Å². The summed E-state index contributed by atoms with van der Waals surface area (Å²) in [7, 11) is 0. The maximum Gasteiger partial charge on any atom is 0.141 e. The standard InChI is InChI=1S/C14H15NO/c1-11-8-12(2)15-9-14(11)16-10-13-6-4-3-5-7-13/h3-9H,10H2,1-2H3. The highest BCUT2D eigenvalue weighted by Gasteiger charge is 2.00. The Morgan fingerprint density at radius 1 is 1.12 bits per heavy atom. The van der Waals surface area contributed by atoms with Crippen molar-refractivity contribution in [1.29, 1.82) is 0 Å². The van der Waals surface area contributed by atoms with Gasteiger partial charge in [0.25, 0.3) is 0 Å². The van der Waals surface area contributed by atoms with Crippen molar-refractivity contribution in [2.24, 2.45) is 0 Å². The van der Waals surface area contributed by atoms with E-state index in [9.17, 15) is 0 Å². The second kappa shape index (κ2) is 4.79. The fourth-order valence-electron chi connectivity index (χ4n) is 1.57. The Morgan fingerprint density at radius 2 is 1.88 bits per heavy atom. The summed E-state index contributed by atoms with van der Waals surface area (Å²) < 4.78 is 5.72. The van der Waals surface area contributed by atoms with Crippen LogP contribution in [0.25, 0.3) is 0 Å². The molecule has 0 aliphatic rings. The lowest BCUT2D eigenvalue weighted by Crippen LogP contribution is -1.97. The van der Waals surface area contributed by atoms with E-state index in [4.69, 9.17) is 4.74 Å². The van der Waals surface area contributed by atoms with Crippen LogP contribution in [0, 0.1) is 13.8 Å². The minimum absolute atomic E-state index is 0.590. The van der Waals surface area contributed by atoms with Crippen LogP contribution in [0.5, 0.6) is 5.75 Å². The summed E-state index contributed by atoms with van der Waals surface area (Å²) in [6.45, 7) is 4.61. The molecule has 1 aromatic heterocycles. The predicted octanol–water partition coefficient (Wildman–Crippen LogP) is 3.28. The van der Waals surface area contributed by atoms with Gasteiger partial charge in [-0.05, 0) is 31.0 Å². The molecule has 2 heteroatoms. The summed E-state index contributed by atoms with van der Waals surface area (Å²) in [6, 6.07) is 12.2. The quantitative estimate of drug-likeness (QED) is 0.780. The highest BCUT2D eigenvalue weighted by Crippen LogP contribution is 2.17. The molecule has 0 fully saturated rings. The predicted molar refractivity (Wildman–Crippen MR) is 64.5 cm³/mol. The molecular weight excluding hydrogens is 198 g/mol. The third-order valence-corrected chi connectivity index (χ3v) is 2.44. The molecule has 2 nitrogen and oxygen atoms in total. The Kier molecular flexibility index (Phi) is 3.20. The van der Waals surface area contributed by atoms with Gasteiger partial charge in [-0.2, -0.15) is 0 Å². The SMILES string of the molecule is Cc1cc(C)c(OCc2ccccc2)cn1. The summed E-state index contributed by atoms with van der Waals surface area (Å²) >= 11 is 0. The maximum absolute atomic E-state index is 5.72. The van der Waals surface area contributed by atoms with Crippen molar-refractivity contribution in [2.45, 2.75) is 20.5 Å². The summed E-state index contributed by atoms with van der Waals surface area (Å²) in [4.78, 5) is 4.23. The topological polar surface area (TPSA) is 22.1 Å². The minimum Gasteiger partial charge on any atom is -0.487 e. The van der Waals surface area contributed by atoms with Gasteiger partial charge in [0.05, 0.1) is 6.20 Å². The number of hydrogen-bond donors (Lipinski definition) is 0. The van der Waals surface area contributed by atoms with Gasteiger partial charge in [-0.15, -0.1) is 0 Å². The van der Waals surface area contributed by atoms with Crippen LogP contribution in [0.1, 0.15) is 16.8 Å². The number of hydrogen-bond acceptors (Lipinski definition) is 2. The van der Waals surface area contributed by atoms with Crippen molar-refractivity contribution in [1.82, 2.24) is 4.98 Å². The van der Waals surface area contributed by atoms with Crippen LogP contribution in [0.4, 0.5) is 0 Å². The normalized spacial score (nSPS) is 10.1. The third-order valence-electron chi connectivity index (χ3n) is 2.44. The number of rotatable bonds is 3. The van der Waals surface area contributed by atoms with E-state index in [1.54, 1.807) is 6.20 Å². The fourth-order valence-corrected chi connectivity index (χ4v) is 1.57. The number of pyridine rings is 1. The molecule has 0 unspecified atom stereocenters. The van der Waals surface area contributed by atoms with Gasteiger partial charge in [-0.3, -0.25) is 4.98 Å². The number of ether oxygens (including phenoxy) is 1. The van der Waals surface area contributed by atoms with Crippen LogP contribution in [-0.4, -0.2) is 4.98 Å². The van der Waals surface area contributed by atoms with E-state index in [1.807, 2.05) is 38.1 Å². The molecular formula is C14H15NO. The zero-order chi connectivity index (χ0) is 11.4. The molecule has 2 rings (SSSR count). The van der Waals surface area contributed by atoms with Gasteiger partial charge >= 0.3 is 0 Å². The lowest BCUT2D eigenvalue weighted by atomic mass is 10.2. The summed E-state index contributed by atoms with van der Waals surface area (Å²) in [5.41, 5.74) is 3.32. The molecule has 0 spiro atoms. The van der Waals surface area contributed by atoms with Crippen molar-refractivity contribution < 1.29 is 4.74 Å². The van der Waals surface area contributed by atoms with E-state index >= 15 is 0 Å². The summed E-state index contributed by atoms with van der Waals surface area (Å²) in [5, 5.41) is 0. The monoisotopic (exact) mass is 213 g/mol. The second-order valence-electron chi connectivity index (χ2n) is 3.87. The number of aromatic nitrogens is 1. The van der Waals surface area contributed by atoms with Crippen LogP contribution in [0.15, 0.2) is 42.6 Å². The van der Waals surface area contributed by atoms with Gasteiger partial charge in [0.1, 0.15) is 12.4 Å². The zero-order valence-corrected chi connectivity index (χ0v) is 9.60. The molecule has 0 radical (unpaired) electrons. The maximum atomic E-state index is 5.72. The number of benzene rings is 1. The van der Waals surface area contributed by atoms with E-state index in [1.165, 1.54) is 5.56 Å². The van der Waals surface area contributed by atoms with Gasteiger partial charge in [-0.1, -0.05) is 30.3 Å². The first-order valence-electron chi connectivity index (χ1n) is 5.35. The van der Waals surface area contributed by atoms with Crippen LogP contribution in [0.3, 0.4) is 0 Å². The molecule has 82 valence electrons. The molecule has 0 saturated carbocycles. The molecule has 0 amide bonds. The molecule has 0 saturated heterocycles. The van der Waals surface area contributed by atoms with Crippen LogP contribution in [0.2, 0.25) is 0 Å². The van der Waals surface area contributed by atoms with E-state index in [2.05, 4.69) is 17.1 Å². The Hall–Kier alpha value is -1.83. The lowest BCUT2D eigenvalue weighted by molar-refractivity contribution is 0.302. The molecule has 1 heterocycles. The van der Waals surface area contributed by atoms with E-state index in [-0.39, 0.29) is 0 Å². The average molecular weight is 213 g/mol. The molecule has 0 atom stereocenters. The molecule has 0 N–H and O–H groups in total. The van der Waals surface area contributed by atoms with Crippen molar-refractivity contribution in [3.8, 4) is 5.75 Å². The van der Waals surface area contributed by atoms with Gasteiger partial charge < -0.3 is 4.74 Å². The highest BCUT2D eigenvalue weighted by molar-refractivity contribution is 5.31. The van der Waals surface area contributed by atoms with Gasteiger partial charge in [0, 0.05) is 5.69 Å². The Bertz CT molecular complexity index is 465.